The van der Waals surface area contributed by atoms with Gasteiger partial charge in [0.05, 0.1) is 12.1 Å². The molecule has 4 nitrogen and oxygen atoms in total. The van der Waals surface area contributed by atoms with Crippen molar-refractivity contribution in [3.8, 4) is 0 Å². The van der Waals surface area contributed by atoms with E-state index in [1.165, 1.54) is 0 Å². The van der Waals surface area contributed by atoms with Crippen LogP contribution in [0, 0.1) is 6.92 Å². The largest absolute Gasteiger partial charge is 0.352 e. The van der Waals surface area contributed by atoms with Gasteiger partial charge in [0.2, 0.25) is 5.91 Å². The minimum atomic E-state index is 0.00310. The van der Waals surface area contributed by atoms with Gasteiger partial charge in [0.25, 0.3) is 0 Å². The number of nitrogens with zero attached hydrogens (tertiary/aromatic N) is 1. The number of hydrogen-bond acceptors (Lipinski definition) is 3. The van der Waals surface area contributed by atoms with E-state index >= 15 is 0 Å². The van der Waals surface area contributed by atoms with Crippen molar-refractivity contribution in [1.82, 2.24) is 10.3 Å². The lowest BCUT2D eigenvalue weighted by Crippen LogP contribution is -2.41. The van der Waals surface area contributed by atoms with E-state index in [9.17, 15) is 4.79 Å². The van der Waals surface area contributed by atoms with Crippen LogP contribution in [0.5, 0.6) is 0 Å². The second-order valence-corrected chi connectivity index (χ2v) is 4.59. The molecular weight excluding hydrogens is 226 g/mol. The number of nitrogens with two attached hydrogens (primary N) is 1. The highest BCUT2D eigenvalue weighted by atomic mass is 16.1. The Bertz CT molecular complexity index is 379. The van der Waals surface area contributed by atoms with Crippen molar-refractivity contribution in [3.05, 3.63) is 29.6 Å². The minimum Gasteiger partial charge on any atom is -0.352 e. The van der Waals surface area contributed by atoms with Gasteiger partial charge in [-0.05, 0) is 25.0 Å². The Kier molecular flexibility index (Phi) is 6.36. The number of amides is 1. The maximum Gasteiger partial charge on any atom is 0.226 e. The van der Waals surface area contributed by atoms with Gasteiger partial charge in [0, 0.05) is 18.8 Å². The molecule has 0 aromatic carbocycles. The lowest BCUT2D eigenvalue weighted by Gasteiger charge is -2.16. The molecule has 1 unspecified atom stereocenters. The van der Waals surface area contributed by atoms with Gasteiger partial charge in [0.1, 0.15) is 0 Å². The standard InChI is InChI=1S/C14H23N3O/c1-3-4-7-12(10-15)17-14(18)9-13-11(2)6-5-8-16-13/h5-6,8,12H,3-4,7,9-10,15H2,1-2H3,(H,17,18). The van der Waals surface area contributed by atoms with Crippen LogP contribution < -0.4 is 11.1 Å². The van der Waals surface area contributed by atoms with E-state index in [-0.39, 0.29) is 11.9 Å². The monoisotopic (exact) mass is 249 g/mol. The molecule has 100 valence electrons. The van der Waals surface area contributed by atoms with E-state index in [2.05, 4.69) is 17.2 Å². The fourth-order valence-electron chi connectivity index (χ4n) is 1.83. The van der Waals surface area contributed by atoms with Crippen LogP contribution in [0.25, 0.3) is 0 Å². The fourth-order valence-corrected chi connectivity index (χ4v) is 1.83. The third-order valence-corrected chi connectivity index (χ3v) is 3.00. The number of aryl methyl sites for hydroxylation is 1. The number of carbonyl (C=O) groups is 1. The van der Waals surface area contributed by atoms with Gasteiger partial charge in [0.15, 0.2) is 0 Å². The fraction of sp³-hybridized carbons (Fsp3) is 0.571. The molecule has 0 aliphatic carbocycles. The Morgan fingerprint density at radius 2 is 2.33 bits per heavy atom. The maximum absolute atomic E-state index is 11.9. The zero-order chi connectivity index (χ0) is 13.4. The summed E-state index contributed by atoms with van der Waals surface area (Å²) in [5.41, 5.74) is 7.54. The number of pyridine rings is 1. The maximum atomic E-state index is 11.9. The lowest BCUT2D eigenvalue weighted by atomic mass is 10.1. The average Bonchev–Trinajstić information content (AvgIpc) is 2.37. The summed E-state index contributed by atoms with van der Waals surface area (Å²) >= 11 is 0. The summed E-state index contributed by atoms with van der Waals surface area (Å²) < 4.78 is 0. The third kappa shape index (κ3) is 4.84. The summed E-state index contributed by atoms with van der Waals surface area (Å²) in [6.07, 6.45) is 5.19. The van der Waals surface area contributed by atoms with Crippen LogP contribution in [-0.4, -0.2) is 23.5 Å². The van der Waals surface area contributed by atoms with Crippen LogP contribution in [-0.2, 0) is 11.2 Å². The number of nitrogens with one attached hydrogen (secondary N) is 1. The van der Waals surface area contributed by atoms with E-state index in [1.807, 2.05) is 19.1 Å². The highest BCUT2D eigenvalue weighted by Crippen LogP contribution is 2.05. The molecule has 0 aliphatic rings. The van der Waals surface area contributed by atoms with E-state index in [0.717, 1.165) is 30.5 Å². The van der Waals surface area contributed by atoms with Crippen molar-refractivity contribution in [2.24, 2.45) is 5.73 Å². The molecule has 18 heavy (non-hydrogen) atoms. The SMILES string of the molecule is CCCCC(CN)NC(=O)Cc1ncccc1C. The first kappa shape index (κ1) is 14.6. The molecule has 0 radical (unpaired) electrons. The molecule has 4 heteroatoms. The molecule has 1 aromatic rings. The molecule has 0 spiro atoms. The summed E-state index contributed by atoms with van der Waals surface area (Å²) in [5.74, 6) is 0.00310. The normalized spacial score (nSPS) is 12.2. The van der Waals surface area contributed by atoms with Gasteiger partial charge < -0.3 is 11.1 Å². The van der Waals surface area contributed by atoms with E-state index in [1.54, 1.807) is 6.20 Å². The van der Waals surface area contributed by atoms with Crippen molar-refractivity contribution in [1.29, 1.82) is 0 Å². The summed E-state index contributed by atoms with van der Waals surface area (Å²) in [6, 6.07) is 3.93. The molecule has 0 saturated heterocycles. The molecule has 1 heterocycles. The Hall–Kier alpha value is -1.42. The first-order valence-electron chi connectivity index (χ1n) is 6.57. The molecule has 0 bridgehead atoms. The average molecular weight is 249 g/mol. The van der Waals surface area contributed by atoms with Crippen LogP contribution >= 0.6 is 0 Å². The second kappa shape index (κ2) is 7.82. The molecule has 0 saturated carbocycles. The van der Waals surface area contributed by atoms with Crippen LogP contribution in [0.15, 0.2) is 18.3 Å². The number of unbranched alkanes of at least 4 members (excludes halogenated alkanes) is 1. The van der Waals surface area contributed by atoms with E-state index in [0.29, 0.717) is 13.0 Å². The van der Waals surface area contributed by atoms with Crippen molar-refractivity contribution in [2.75, 3.05) is 6.54 Å². The number of rotatable bonds is 7. The smallest absolute Gasteiger partial charge is 0.226 e. The molecule has 0 aliphatic heterocycles. The molecule has 1 rings (SSSR count). The topological polar surface area (TPSA) is 68.0 Å². The number of hydrogen-bond donors (Lipinski definition) is 2. The van der Waals surface area contributed by atoms with E-state index < -0.39 is 0 Å². The molecule has 1 atom stereocenters. The predicted octanol–water partition coefficient (Wildman–Crippen LogP) is 1.57. The molecular formula is C14H23N3O. The minimum absolute atomic E-state index is 0.00310. The summed E-state index contributed by atoms with van der Waals surface area (Å²) in [7, 11) is 0. The first-order valence-corrected chi connectivity index (χ1v) is 6.57. The van der Waals surface area contributed by atoms with Gasteiger partial charge in [-0.2, -0.15) is 0 Å². The van der Waals surface area contributed by atoms with Gasteiger partial charge in [-0.3, -0.25) is 9.78 Å². The van der Waals surface area contributed by atoms with Crippen molar-refractivity contribution in [3.63, 3.8) is 0 Å². The first-order chi connectivity index (χ1) is 8.67. The highest BCUT2D eigenvalue weighted by Gasteiger charge is 2.12. The predicted molar refractivity (Wildman–Crippen MR) is 73.2 cm³/mol. The summed E-state index contributed by atoms with van der Waals surface area (Å²) in [5, 5.41) is 2.97. The molecule has 0 fully saturated rings. The summed E-state index contributed by atoms with van der Waals surface area (Å²) in [6.45, 7) is 4.59. The van der Waals surface area contributed by atoms with Crippen molar-refractivity contribution >= 4 is 5.91 Å². The quantitative estimate of drug-likeness (QED) is 0.770. The summed E-state index contributed by atoms with van der Waals surface area (Å²) in [4.78, 5) is 16.1. The van der Waals surface area contributed by atoms with Gasteiger partial charge in [-0.25, -0.2) is 0 Å². The van der Waals surface area contributed by atoms with E-state index in [4.69, 9.17) is 5.73 Å². The number of aromatic nitrogens is 1. The van der Waals surface area contributed by atoms with Crippen LogP contribution in [0.1, 0.15) is 37.4 Å². The zero-order valence-corrected chi connectivity index (χ0v) is 11.3. The Morgan fingerprint density at radius 3 is 2.94 bits per heavy atom. The zero-order valence-electron chi connectivity index (χ0n) is 11.3. The van der Waals surface area contributed by atoms with Gasteiger partial charge >= 0.3 is 0 Å². The van der Waals surface area contributed by atoms with Crippen LogP contribution in [0.4, 0.5) is 0 Å². The Morgan fingerprint density at radius 1 is 1.56 bits per heavy atom. The Labute approximate surface area is 109 Å². The van der Waals surface area contributed by atoms with Gasteiger partial charge in [-0.1, -0.05) is 25.8 Å². The van der Waals surface area contributed by atoms with Crippen molar-refractivity contribution < 1.29 is 4.79 Å². The van der Waals surface area contributed by atoms with Crippen molar-refractivity contribution in [2.45, 2.75) is 45.6 Å². The Balaban J connectivity index is 2.48. The lowest BCUT2D eigenvalue weighted by molar-refractivity contribution is -0.121. The third-order valence-electron chi connectivity index (χ3n) is 3.00. The molecule has 3 N–H and O–H groups in total. The second-order valence-electron chi connectivity index (χ2n) is 4.59. The molecule has 1 aromatic heterocycles. The van der Waals surface area contributed by atoms with Gasteiger partial charge in [-0.15, -0.1) is 0 Å². The highest BCUT2D eigenvalue weighted by molar-refractivity contribution is 5.78. The van der Waals surface area contributed by atoms with Crippen LogP contribution in [0.2, 0.25) is 0 Å². The molecule has 1 amide bonds. The van der Waals surface area contributed by atoms with Crippen LogP contribution in [0.3, 0.4) is 0 Å². The number of carbonyl (C=O) groups excluding carboxylic acids is 1.